The molecule has 0 aliphatic heterocycles. The summed E-state index contributed by atoms with van der Waals surface area (Å²) in [5, 5.41) is 5.80. The van der Waals surface area contributed by atoms with Gasteiger partial charge in [-0.1, -0.05) is 65.7 Å². The highest BCUT2D eigenvalue weighted by Gasteiger charge is 2.17. The number of amides is 1. The fraction of sp³-hybridized carbons (Fsp3) is 0. The van der Waals surface area contributed by atoms with Gasteiger partial charge < -0.3 is 14.2 Å². The van der Waals surface area contributed by atoms with Crippen LogP contribution in [0.5, 0.6) is 0 Å². The van der Waals surface area contributed by atoms with Crippen LogP contribution in [0.4, 0.5) is 5.69 Å². The fourth-order valence-electron chi connectivity index (χ4n) is 4.02. The van der Waals surface area contributed by atoms with Crippen LogP contribution in [0.15, 0.2) is 99.8 Å². The average molecular weight is 499 g/mol. The lowest BCUT2D eigenvalue weighted by Crippen LogP contribution is -2.10. The molecule has 0 bridgehead atoms. The molecule has 0 saturated carbocycles. The highest BCUT2D eigenvalue weighted by molar-refractivity contribution is 6.43. The Morgan fingerprint density at radius 3 is 2.51 bits per heavy atom. The van der Waals surface area contributed by atoms with E-state index in [2.05, 4.69) is 22.4 Å². The minimum Gasteiger partial charge on any atom is -0.451 e. The first-order valence-corrected chi connectivity index (χ1v) is 11.6. The number of anilines is 1. The second-order valence-corrected chi connectivity index (χ2v) is 8.73. The second-order valence-electron chi connectivity index (χ2n) is 7.95. The van der Waals surface area contributed by atoms with Crippen molar-refractivity contribution in [2.75, 3.05) is 5.32 Å². The fourth-order valence-corrected chi connectivity index (χ4v) is 4.42. The third-order valence-electron chi connectivity index (χ3n) is 5.71. The van der Waals surface area contributed by atoms with E-state index in [9.17, 15) is 4.79 Å². The van der Waals surface area contributed by atoms with Gasteiger partial charge in [0.25, 0.3) is 5.91 Å². The predicted molar refractivity (Wildman–Crippen MR) is 139 cm³/mol. The van der Waals surface area contributed by atoms with Gasteiger partial charge in [-0.15, -0.1) is 0 Å². The van der Waals surface area contributed by atoms with Gasteiger partial charge in [0, 0.05) is 16.8 Å². The minimum absolute atomic E-state index is 0.146. The van der Waals surface area contributed by atoms with Gasteiger partial charge in [0.2, 0.25) is 5.89 Å². The zero-order chi connectivity index (χ0) is 23.9. The Hall–Kier alpha value is -4.06. The molecule has 5 nitrogen and oxygen atoms in total. The highest BCUT2D eigenvalue weighted by atomic mass is 35.5. The Labute approximate surface area is 209 Å². The van der Waals surface area contributed by atoms with Crippen molar-refractivity contribution >= 4 is 56.7 Å². The van der Waals surface area contributed by atoms with E-state index >= 15 is 0 Å². The molecule has 0 saturated heterocycles. The smallest absolute Gasteiger partial charge is 0.291 e. The van der Waals surface area contributed by atoms with Gasteiger partial charge in [0.15, 0.2) is 11.3 Å². The molecule has 1 amide bonds. The van der Waals surface area contributed by atoms with E-state index in [4.69, 9.17) is 32.0 Å². The maximum Gasteiger partial charge on any atom is 0.291 e. The van der Waals surface area contributed by atoms with Crippen molar-refractivity contribution in [2.24, 2.45) is 0 Å². The third-order valence-corrected chi connectivity index (χ3v) is 6.53. The summed E-state index contributed by atoms with van der Waals surface area (Å²) in [7, 11) is 0. The van der Waals surface area contributed by atoms with Crippen LogP contribution < -0.4 is 5.32 Å². The Morgan fingerprint density at radius 1 is 0.800 bits per heavy atom. The lowest BCUT2D eigenvalue weighted by Gasteiger charge is -2.04. The molecule has 6 rings (SSSR count). The van der Waals surface area contributed by atoms with Gasteiger partial charge in [0.05, 0.1) is 10.0 Å². The van der Waals surface area contributed by atoms with Gasteiger partial charge in [-0.3, -0.25) is 4.79 Å². The molecule has 0 unspecified atom stereocenters. The number of hydrogen-bond donors (Lipinski definition) is 1. The lowest BCUT2D eigenvalue weighted by atomic mass is 10.0. The van der Waals surface area contributed by atoms with Crippen LogP contribution in [0.2, 0.25) is 10.0 Å². The summed E-state index contributed by atoms with van der Waals surface area (Å²) in [6.07, 6.45) is 0. The van der Waals surface area contributed by atoms with Gasteiger partial charge in [-0.2, -0.15) is 0 Å². The molecule has 170 valence electrons. The number of nitrogens with zero attached hydrogens (tertiary/aromatic N) is 1. The van der Waals surface area contributed by atoms with Crippen LogP contribution >= 0.6 is 23.2 Å². The van der Waals surface area contributed by atoms with E-state index < -0.39 is 5.91 Å². The monoisotopic (exact) mass is 498 g/mol. The number of rotatable bonds is 4. The number of carbonyl (C=O) groups is 1. The molecule has 0 aliphatic rings. The molecule has 0 atom stereocenters. The molecule has 35 heavy (non-hydrogen) atoms. The molecular weight excluding hydrogens is 483 g/mol. The quantitative estimate of drug-likeness (QED) is 0.264. The Morgan fingerprint density at radius 2 is 1.60 bits per heavy atom. The van der Waals surface area contributed by atoms with Crippen LogP contribution in [-0.2, 0) is 0 Å². The number of fused-ring (bicyclic) bond motifs is 2. The van der Waals surface area contributed by atoms with Crippen LogP contribution in [0.1, 0.15) is 10.6 Å². The molecule has 1 N–H and O–H groups in total. The topological polar surface area (TPSA) is 68.3 Å². The molecule has 7 heteroatoms. The summed E-state index contributed by atoms with van der Waals surface area (Å²) >= 11 is 12.4. The minimum atomic E-state index is -0.397. The number of oxazole rings is 1. The van der Waals surface area contributed by atoms with Crippen LogP contribution in [0, 0.1) is 0 Å². The van der Waals surface area contributed by atoms with Gasteiger partial charge >= 0.3 is 0 Å². The van der Waals surface area contributed by atoms with E-state index in [-0.39, 0.29) is 5.76 Å². The number of hydrogen-bond acceptors (Lipinski definition) is 4. The maximum atomic E-state index is 12.8. The summed E-state index contributed by atoms with van der Waals surface area (Å²) in [5.41, 5.74) is 3.35. The van der Waals surface area contributed by atoms with Gasteiger partial charge in [0.1, 0.15) is 11.3 Å². The van der Waals surface area contributed by atoms with Gasteiger partial charge in [-0.05, 0) is 59.3 Å². The molecule has 0 aliphatic carbocycles. The van der Waals surface area contributed by atoms with Crippen LogP contribution in [-0.4, -0.2) is 10.9 Å². The molecular formula is C28H16Cl2N2O3. The van der Waals surface area contributed by atoms with E-state index in [1.807, 2.05) is 30.3 Å². The average Bonchev–Trinajstić information content (AvgIpc) is 3.53. The molecule has 2 heterocycles. The predicted octanol–water partition coefficient (Wildman–Crippen LogP) is 8.47. The van der Waals surface area contributed by atoms with Crippen molar-refractivity contribution in [3.05, 3.63) is 107 Å². The first-order chi connectivity index (χ1) is 17.1. The van der Waals surface area contributed by atoms with Gasteiger partial charge in [-0.25, -0.2) is 4.98 Å². The third kappa shape index (κ3) is 3.95. The molecule has 0 fully saturated rings. The first-order valence-electron chi connectivity index (χ1n) is 10.8. The standard InChI is InChI=1S/C28H16Cl2N2O3/c29-21-10-4-9-20(26(21)30)23-13-14-25(34-23)27(33)31-17-11-12-24-22(15-17)32-28(35-24)19-8-3-6-16-5-1-2-7-18(16)19/h1-15H,(H,31,33). The van der Waals surface area contributed by atoms with E-state index in [1.54, 1.807) is 48.5 Å². The molecule has 0 spiro atoms. The highest BCUT2D eigenvalue weighted by Crippen LogP contribution is 2.35. The van der Waals surface area contributed by atoms with Crippen molar-refractivity contribution in [1.82, 2.24) is 4.98 Å². The van der Waals surface area contributed by atoms with E-state index in [0.717, 1.165) is 16.3 Å². The summed E-state index contributed by atoms with van der Waals surface area (Å²) in [6, 6.07) is 27.9. The Balaban J connectivity index is 1.27. The summed E-state index contributed by atoms with van der Waals surface area (Å²) in [4.78, 5) is 17.5. The lowest BCUT2D eigenvalue weighted by molar-refractivity contribution is 0.0997. The first kappa shape index (κ1) is 21.5. The number of benzene rings is 4. The maximum absolute atomic E-state index is 12.8. The number of furan rings is 1. The summed E-state index contributed by atoms with van der Waals surface area (Å²) < 4.78 is 11.8. The van der Waals surface area contributed by atoms with Crippen molar-refractivity contribution < 1.29 is 13.6 Å². The SMILES string of the molecule is O=C(Nc1ccc2oc(-c3cccc4ccccc34)nc2c1)c1ccc(-c2cccc(Cl)c2Cl)o1. The number of halogens is 2. The van der Waals surface area contributed by atoms with Crippen LogP contribution in [0.3, 0.4) is 0 Å². The molecule has 0 radical (unpaired) electrons. The van der Waals surface area contributed by atoms with Crippen molar-refractivity contribution in [3.63, 3.8) is 0 Å². The Kier molecular flexibility index (Phi) is 5.29. The second kappa shape index (κ2) is 8.62. The van der Waals surface area contributed by atoms with Crippen LogP contribution in [0.25, 0.3) is 44.7 Å². The zero-order valence-corrected chi connectivity index (χ0v) is 19.6. The number of carbonyl (C=O) groups excluding carboxylic acids is 1. The Bertz CT molecular complexity index is 1730. The van der Waals surface area contributed by atoms with Crippen molar-refractivity contribution in [2.45, 2.75) is 0 Å². The largest absolute Gasteiger partial charge is 0.451 e. The zero-order valence-electron chi connectivity index (χ0n) is 18.1. The number of aromatic nitrogens is 1. The van der Waals surface area contributed by atoms with E-state index in [0.29, 0.717) is 44.0 Å². The summed E-state index contributed by atoms with van der Waals surface area (Å²) in [6.45, 7) is 0. The summed E-state index contributed by atoms with van der Waals surface area (Å²) in [5.74, 6) is 0.725. The number of nitrogens with one attached hydrogen (secondary N) is 1. The van der Waals surface area contributed by atoms with E-state index in [1.165, 1.54) is 0 Å². The molecule has 4 aromatic carbocycles. The van der Waals surface area contributed by atoms with Crippen molar-refractivity contribution in [3.8, 4) is 22.8 Å². The van der Waals surface area contributed by atoms with Crippen molar-refractivity contribution in [1.29, 1.82) is 0 Å². The molecule has 2 aromatic heterocycles. The normalized spacial score (nSPS) is 11.3. The molecule has 6 aromatic rings.